The van der Waals surface area contributed by atoms with Gasteiger partial charge in [-0.05, 0) is 30.9 Å². The number of hydrogen-bond acceptors (Lipinski definition) is 6. The van der Waals surface area contributed by atoms with Crippen LogP contribution in [0.15, 0.2) is 12.1 Å². The molecule has 1 amide bonds. The van der Waals surface area contributed by atoms with Gasteiger partial charge in [-0.1, -0.05) is 0 Å². The van der Waals surface area contributed by atoms with Gasteiger partial charge in [0.15, 0.2) is 11.5 Å². The van der Waals surface area contributed by atoms with Crippen LogP contribution in [0.1, 0.15) is 23.2 Å². The normalized spacial score (nSPS) is 15.5. The molecule has 1 unspecified atom stereocenters. The van der Waals surface area contributed by atoms with E-state index in [1.54, 1.807) is 0 Å². The van der Waals surface area contributed by atoms with E-state index in [-0.39, 0.29) is 34.7 Å². The number of methoxy groups -OCH3 is 2. The number of carbonyl (C=O) groups is 1. The molecule has 1 aromatic carbocycles. The van der Waals surface area contributed by atoms with Crippen LogP contribution in [0.3, 0.4) is 0 Å². The van der Waals surface area contributed by atoms with Gasteiger partial charge in [-0.3, -0.25) is 9.52 Å². The van der Waals surface area contributed by atoms with Gasteiger partial charge in [0, 0.05) is 18.2 Å². The third-order valence-corrected chi connectivity index (χ3v) is 4.39. The van der Waals surface area contributed by atoms with Crippen molar-refractivity contribution in [3.63, 3.8) is 0 Å². The summed E-state index contributed by atoms with van der Waals surface area (Å²) in [5, 5.41) is 2.89. The summed E-state index contributed by atoms with van der Waals surface area (Å²) < 4.78 is 35.8. The molecule has 1 atom stereocenters. The summed E-state index contributed by atoms with van der Waals surface area (Å²) in [4.78, 5) is 12.5. The summed E-state index contributed by atoms with van der Waals surface area (Å²) in [6, 6.07) is 2.83. The summed E-state index contributed by atoms with van der Waals surface area (Å²) in [6.45, 7) is 0.359. The van der Waals surface area contributed by atoms with Crippen LogP contribution in [-0.2, 0) is 10.0 Å². The van der Waals surface area contributed by atoms with E-state index < -0.39 is 10.0 Å². The SMILES string of the molecule is COc1cc(C(=O)NC(CN)C2CC2)cc(NS(C)(=O)=O)c1OC. The van der Waals surface area contributed by atoms with Crippen molar-refractivity contribution in [1.29, 1.82) is 0 Å². The largest absolute Gasteiger partial charge is 0.493 e. The van der Waals surface area contributed by atoms with E-state index in [0.717, 1.165) is 19.1 Å². The first-order valence-electron chi connectivity index (χ1n) is 7.53. The average molecular weight is 357 g/mol. The molecule has 1 aliphatic rings. The summed E-state index contributed by atoms with van der Waals surface area (Å²) in [6.07, 6.45) is 3.12. The van der Waals surface area contributed by atoms with Gasteiger partial charge in [0.25, 0.3) is 5.91 Å². The Bertz CT molecular complexity index is 716. The highest BCUT2D eigenvalue weighted by molar-refractivity contribution is 7.92. The quantitative estimate of drug-likeness (QED) is 0.625. The van der Waals surface area contributed by atoms with Crippen molar-refractivity contribution < 1.29 is 22.7 Å². The van der Waals surface area contributed by atoms with Gasteiger partial charge in [-0.15, -0.1) is 0 Å². The van der Waals surface area contributed by atoms with Crippen molar-refractivity contribution >= 4 is 21.6 Å². The zero-order valence-corrected chi connectivity index (χ0v) is 14.8. The number of hydrogen-bond donors (Lipinski definition) is 3. The molecule has 1 aromatic rings. The Morgan fingerprint density at radius 2 is 2.00 bits per heavy atom. The second-order valence-electron chi connectivity index (χ2n) is 5.79. The zero-order chi connectivity index (χ0) is 17.9. The van der Waals surface area contributed by atoms with Crippen LogP contribution in [0.25, 0.3) is 0 Å². The second-order valence-corrected chi connectivity index (χ2v) is 7.54. The fraction of sp³-hybridized carbons (Fsp3) is 0.533. The topological polar surface area (TPSA) is 120 Å². The lowest BCUT2D eigenvalue weighted by Crippen LogP contribution is -2.41. The Kier molecular flexibility index (Phi) is 5.55. The molecule has 0 aromatic heterocycles. The second kappa shape index (κ2) is 7.27. The highest BCUT2D eigenvalue weighted by atomic mass is 32.2. The summed E-state index contributed by atoms with van der Waals surface area (Å²) >= 11 is 0. The van der Waals surface area contributed by atoms with E-state index in [9.17, 15) is 13.2 Å². The van der Waals surface area contributed by atoms with E-state index in [1.807, 2.05) is 0 Å². The van der Waals surface area contributed by atoms with Crippen LogP contribution in [0.5, 0.6) is 11.5 Å². The van der Waals surface area contributed by atoms with Gasteiger partial charge in [0.05, 0.1) is 26.2 Å². The maximum atomic E-state index is 12.5. The molecule has 1 aliphatic carbocycles. The fourth-order valence-corrected chi connectivity index (χ4v) is 3.04. The molecule has 2 rings (SSSR count). The van der Waals surface area contributed by atoms with Crippen LogP contribution in [0.2, 0.25) is 0 Å². The summed E-state index contributed by atoms with van der Waals surface area (Å²) in [5.74, 6) is 0.534. The van der Waals surface area contributed by atoms with Crippen molar-refractivity contribution in [3.8, 4) is 11.5 Å². The molecule has 1 fully saturated rings. The smallest absolute Gasteiger partial charge is 0.251 e. The average Bonchev–Trinajstić information content (AvgIpc) is 3.34. The Morgan fingerprint density at radius 3 is 2.46 bits per heavy atom. The van der Waals surface area contributed by atoms with Crippen LogP contribution in [0.4, 0.5) is 5.69 Å². The minimum Gasteiger partial charge on any atom is -0.493 e. The third-order valence-electron chi connectivity index (χ3n) is 3.80. The van der Waals surface area contributed by atoms with Gasteiger partial charge in [0.2, 0.25) is 10.0 Å². The number of amides is 1. The lowest BCUT2D eigenvalue weighted by Gasteiger charge is -2.18. The highest BCUT2D eigenvalue weighted by Gasteiger charge is 2.31. The number of anilines is 1. The molecule has 134 valence electrons. The van der Waals surface area contributed by atoms with Gasteiger partial charge in [-0.25, -0.2) is 8.42 Å². The molecule has 0 aliphatic heterocycles. The van der Waals surface area contributed by atoms with Crippen LogP contribution in [-0.4, -0.2) is 47.4 Å². The minimum absolute atomic E-state index is 0.0862. The van der Waals surface area contributed by atoms with Crippen LogP contribution >= 0.6 is 0 Å². The highest BCUT2D eigenvalue weighted by Crippen LogP contribution is 2.37. The van der Waals surface area contributed by atoms with Crippen molar-refractivity contribution in [2.45, 2.75) is 18.9 Å². The molecular formula is C15H23N3O5S. The Balaban J connectivity index is 2.34. The predicted molar refractivity (Wildman–Crippen MR) is 91.0 cm³/mol. The van der Waals surface area contributed by atoms with Crippen LogP contribution in [0, 0.1) is 5.92 Å². The predicted octanol–water partition coefficient (Wildman–Crippen LogP) is 0.542. The van der Waals surface area contributed by atoms with Crippen molar-refractivity contribution in [2.24, 2.45) is 11.7 Å². The van der Waals surface area contributed by atoms with Gasteiger partial charge < -0.3 is 20.5 Å². The number of nitrogens with two attached hydrogens (primary N) is 1. The number of ether oxygens (including phenoxy) is 2. The van der Waals surface area contributed by atoms with Crippen molar-refractivity contribution in [1.82, 2.24) is 5.32 Å². The van der Waals surface area contributed by atoms with Gasteiger partial charge >= 0.3 is 0 Å². The lowest BCUT2D eigenvalue weighted by atomic mass is 10.1. The Hall–Kier alpha value is -2.00. The van der Waals surface area contributed by atoms with E-state index in [0.29, 0.717) is 12.5 Å². The number of rotatable bonds is 8. The first-order chi connectivity index (χ1) is 11.3. The Morgan fingerprint density at radius 1 is 1.33 bits per heavy atom. The van der Waals surface area contributed by atoms with E-state index >= 15 is 0 Å². The molecule has 0 spiro atoms. The molecule has 8 nitrogen and oxygen atoms in total. The number of benzene rings is 1. The van der Waals surface area contributed by atoms with Gasteiger partial charge in [-0.2, -0.15) is 0 Å². The van der Waals surface area contributed by atoms with Crippen LogP contribution < -0.4 is 25.2 Å². The van der Waals surface area contributed by atoms with Gasteiger partial charge in [0.1, 0.15) is 0 Å². The molecule has 0 radical (unpaired) electrons. The maximum absolute atomic E-state index is 12.5. The lowest BCUT2D eigenvalue weighted by molar-refractivity contribution is 0.0933. The maximum Gasteiger partial charge on any atom is 0.251 e. The molecule has 1 saturated carbocycles. The Labute approximate surface area is 141 Å². The first-order valence-corrected chi connectivity index (χ1v) is 9.43. The minimum atomic E-state index is -3.55. The fourth-order valence-electron chi connectivity index (χ4n) is 2.49. The number of carbonyl (C=O) groups excluding carboxylic acids is 1. The molecule has 0 saturated heterocycles. The molecule has 24 heavy (non-hydrogen) atoms. The van der Waals surface area contributed by atoms with E-state index in [2.05, 4.69) is 10.0 Å². The molecular weight excluding hydrogens is 334 g/mol. The third kappa shape index (κ3) is 4.51. The molecule has 4 N–H and O–H groups in total. The molecule has 9 heteroatoms. The molecule has 0 heterocycles. The number of sulfonamides is 1. The summed E-state index contributed by atoms with van der Waals surface area (Å²) in [5.41, 5.74) is 6.10. The van der Waals surface area contributed by atoms with Crippen molar-refractivity contribution in [3.05, 3.63) is 17.7 Å². The van der Waals surface area contributed by atoms with E-state index in [4.69, 9.17) is 15.2 Å². The number of nitrogens with one attached hydrogen (secondary N) is 2. The first kappa shape index (κ1) is 18.3. The monoisotopic (exact) mass is 357 g/mol. The molecule has 0 bridgehead atoms. The van der Waals surface area contributed by atoms with Crippen molar-refractivity contribution in [2.75, 3.05) is 31.7 Å². The zero-order valence-electron chi connectivity index (χ0n) is 14.0. The summed E-state index contributed by atoms with van der Waals surface area (Å²) in [7, 11) is -0.741. The van der Waals surface area contributed by atoms with E-state index in [1.165, 1.54) is 26.4 Å². The standard InChI is InChI=1S/C15H23N3O5S/c1-22-13-7-10(15(19)17-12(8-16)9-4-5-9)6-11(14(13)23-2)18-24(3,20)21/h6-7,9,12,18H,4-5,8,16H2,1-3H3,(H,17,19).